The molecule has 1 aliphatic rings. The van der Waals surface area contributed by atoms with Crippen LogP contribution >= 0.6 is 15.9 Å². The average Bonchev–Trinajstić information content (AvgIpc) is 2.91. The van der Waals surface area contributed by atoms with Crippen molar-refractivity contribution in [1.82, 2.24) is 14.7 Å². The molecule has 0 bridgehead atoms. The van der Waals surface area contributed by atoms with Crippen LogP contribution in [0, 0.1) is 0 Å². The van der Waals surface area contributed by atoms with Crippen LogP contribution in [0.5, 0.6) is 0 Å². The minimum Gasteiger partial charge on any atom is -0.372 e. The van der Waals surface area contributed by atoms with Crippen LogP contribution in [-0.2, 0) is 11.3 Å². The van der Waals surface area contributed by atoms with Crippen molar-refractivity contribution in [3.8, 4) is 0 Å². The zero-order valence-electron chi connectivity index (χ0n) is 13.3. The van der Waals surface area contributed by atoms with E-state index in [0.29, 0.717) is 19.6 Å². The summed E-state index contributed by atoms with van der Waals surface area (Å²) in [4.78, 5) is 14.5. The molecule has 0 saturated carbocycles. The third kappa shape index (κ3) is 4.00. The summed E-state index contributed by atoms with van der Waals surface area (Å²) < 4.78 is 8.49. The molecule has 23 heavy (non-hydrogen) atoms. The van der Waals surface area contributed by atoms with E-state index in [0.717, 1.165) is 15.6 Å². The lowest BCUT2D eigenvalue weighted by Gasteiger charge is -2.35. The zero-order chi connectivity index (χ0) is 16.4. The molecule has 122 valence electrons. The summed E-state index contributed by atoms with van der Waals surface area (Å²) in [5.74, 6) is 0.0698. The predicted octanol–water partition coefficient (Wildman–Crippen LogP) is 2.94. The number of benzene rings is 1. The number of carbonyl (C=O) groups is 1. The Morgan fingerprint density at radius 3 is 2.48 bits per heavy atom. The first-order valence-corrected chi connectivity index (χ1v) is 8.52. The first-order valence-electron chi connectivity index (χ1n) is 7.73. The highest BCUT2D eigenvalue weighted by atomic mass is 79.9. The summed E-state index contributed by atoms with van der Waals surface area (Å²) in [6.45, 7) is 5.98. The van der Waals surface area contributed by atoms with E-state index in [-0.39, 0.29) is 18.1 Å². The standard InChI is InChI=1S/C17H20BrN3O2/c1-12-8-20(9-13(2)23-12)17(22)15-5-3-14(4-6-15)10-21-11-16(18)7-19-21/h3-7,11-13H,8-10H2,1-2H3. The minimum absolute atomic E-state index is 0.0698. The molecule has 1 saturated heterocycles. The van der Waals surface area contributed by atoms with Crippen molar-refractivity contribution in [3.63, 3.8) is 0 Å². The van der Waals surface area contributed by atoms with E-state index in [1.807, 2.05) is 53.9 Å². The van der Waals surface area contributed by atoms with E-state index in [1.165, 1.54) is 0 Å². The Hall–Kier alpha value is -1.66. The Kier molecular flexibility index (Phi) is 4.82. The molecule has 3 rings (SSSR count). The van der Waals surface area contributed by atoms with E-state index in [9.17, 15) is 4.79 Å². The highest BCUT2D eigenvalue weighted by molar-refractivity contribution is 9.10. The fourth-order valence-electron chi connectivity index (χ4n) is 2.89. The summed E-state index contributed by atoms with van der Waals surface area (Å²) in [6.07, 6.45) is 3.86. The molecular weight excluding hydrogens is 358 g/mol. The molecule has 2 unspecified atom stereocenters. The number of nitrogens with zero attached hydrogens (tertiary/aromatic N) is 3. The molecule has 0 aliphatic carbocycles. The van der Waals surface area contributed by atoms with Gasteiger partial charge in [0.1, 0.15) is 0 Å². The quantitative estimate of drug-likeness (QED) is 0.825. The van der Waals surface area contributed by atoms with Gasteiger partial charge in [-0.2, -0.15) is 5.10 Å². The Morgan fingerprint density at radius 1 is 1.26 bits per heavy atom. The zero-order valence-corrected chi connectivity index (χ0v) is 14.9. The van der Waals surface area contributed by atoms with E-state index >= 15 is 0 Å². The second kappa shape index (κ2) is 6.84. The Balaban J connectivity index is 1.67. The number of hydrogen-bond acceptors (Lipinski definition) is 3. The first kappa shape index (κ1) is 16.2. The summed E-state index contributed by atoms with van der Waals surface area (Å²) in [5, 5.41) is 4.24. The Labute approximate surface area is 144 Å². The molecule has 5 nitrogen and oxygen atoms in total. The van der Waals surface area contributed by atoms with Crippen molar-refractivity contribution >= 4 is 21.8 Å². The molecule has 0 N–H and O–H groups in total. The van der Waals surface area contributed by atoms with Crippen molar-refractivity contribution in [1.29, 1.82) is 0 Å². The molecule has 1 aromatic heterocycles. The fraction of sp³-hybridized carbons (Fsp3) is 0.412. The number of ether oxygens (including phenoxy) is 1. The molecule has 0 spiro atoms. The fourth-order valence-corrected chi connectivity index (χ4v) is 3.22. The lowest BCUT2D eigenvalue weighted by Crippen LogP contribution is -2.48. The van der Waals surface area contributed by atoms with Gasteiger partial charge in [0.25, 0.3) is 5.91 Å². The number of carbonyl (C=O) groups excluding carboxylic acids is 1. The lowest BCUT2D eigenvalue weighted by molar-refractivity contribution is -0.0586. The molecule has 0 radical (unpaired) electrons. The van der Waals surface area contributed by atoms with Gasteiger partial charge in [-0.1, -0.05) is 12.1 Å². The van der Waals surface area contributed by atoms with Gasteiger partial charge in [0.15, 0.2) is 0 Å². The maximum atomic E-state index is 12.6. The number of aromatic nitrogens is 2. The second-order valence-electron chi connectivity index (χ2n) is 6.02. The average molecular weight is 378 g/mol. The van der Waals surface area contributed by atoms with Crippen LogP contribution in [0.15, 0.2) is 41.1 Å². The predicted molar refractivity (Wildman–Crippen MR) is 91.4 cm³/mol. The van der Waals surface area contributed by atoms with Crippen molar-refractivity contribution in [3.05, 3.63) is 52.3 Å². The number of morpholine rings is 1. The molecule has 1 fully saturated rings. The van der Waals surface area contributed by atoms with Gasteiger partial charge < -0.3 is 9.64 Å². The minimum atomic E-state index is 0.0698. The number of hydrogen-bond donors (Lipinski definition) is 0. The number of halogens is 1. The molecular formula is C17H20BrN3O2. The lowest BCUT2D eigenvalue weighted by atomic mass is 10.1. The molecule has 6 heteroatoms. The molecule has 1 aliphatic heterocycles. The number of amides is 1. The molecule has 2 aromatic rings. The van der Waals surface area contributed by atoms with Gasteiger partial charge in [0.05, 0.1) is 29.4 Å². The van der Waals surface area contributed by atoms with Crippen molar-refractivity contribution in [2.75, 3.05) is 13.1 Å². The van der Waals surface area contributed by atoms with Crippen molar-refractivity contribution in [2.45, 2.75) is 32.6 Å². The van der Waals surface area contributed by atoms with Crippen molar-refractivity contribution < 1.29 is 9.53 Å². The third-order valence-corrected chi connectivity index (χ3v) is 4.26. The summed E-state index contributed by atoms with van der Waals surface area (Å²) in [6, 6.07) is 7.74. The second-order valence-corrected chi connectivity index (χ2v) is 6.94. The Morgan fingerprint density at radius 2 is 1.91 bits per heavy atom. The van der Waals surface area contributed by atoms with E-state index < -0.39 is 0 Å². The van der Waals surface area contributed by atoms with Crippen LogP contribution < -0.4 is 0 Å². The van der Waals surface area contributed by atoms with Crippen LogP contribution in [0.25, 0.3) is 0 Å². The summed E-state index contributed by atoms with van der Waals surface area (Å²) in [5.41, 5.74) is 1.83. The van der Waals surface area contributed by atoms with E-state index in [2.05, 4.69) is 21.0 Å². The smallest absolute Gasteiger partial charge is 0.254 e. The van der Waals surface area contributed by atoms with E-state index in [4.69, 9.17) is 4.74 Å². The van der Waals surface area contributed by atoms with Gasteiger partial charge in [-0.25, -0.2) is 0 Å². The molecule has 2 heterocycles. The Bertz CT molecular complexity index is 673. The van der Waals surface area contributed by atoms with Crippen LogP contribution in [0.3, 0.4) is 0 Å². The molecule has 1 amide bonds. The van der Waals surface area contributed by atoms with Crippen LogP contribution in [-0.4, -0.2) is 45.9 Å². The van der Waals surface area contributed by atoms with E-state index in [1.54, 1.807) is 6.20 Å². The highest BCUT2D eigenvalue weighted by Gasteiger charge is 2.26. The maximum absolute atomic E-state index is 12.6. The SMILES string of the molecule is CC1CN(C(=O)c2ccc(Cn3cc(Br)cn3)cc2)CC(C)O1. The number of rotatable bonds is 3. The van der Waals surface area contributed by atoms with Crippen LogP contribution in [0.1, 0.15) is 29.8 Å². The maximum Gasteiger partial charge on any atom is 0.254 e. The normalized spacial score (nSPS) is 21.4. The van der Waals surface area contributed by atoms with Crippen LogP contribution in [0.4, 0.5) is 0 Å². The summed E-state index contributed by atoms with van der Waals surface area (Å²) in [7, 11) is 0. The van der Waals surface area contributed by atoms with Gasteiger partial charge in [-0.05, 0) is 47.5 Å². The van der Waals surface area contributed by atoms with Gasteiger partial charge in [0, 0.05) is 24.8 Å². The topological polar surface area (TPSA) is 47.4 Å². The monoisotopic (exact) mass is 377 g/mol. The highest BCUT2D eigenvalue weighted by Crippen LogP contribution is 2.15. The van der Waals surface area contributed by atoms with Gasteiger partial charge in [-0.3, -0.25) is 9.48 Å². The van der Waals surface area contributed by atoms with Gasteiger partial charge in [0.2, 0.25) is 0 Å². The van der Waals surface area contributed by atoms with Crippen LogP contribution in [0.2, 0.25) is 0 Å². The first-order chi connectivity index (χ1) is 11.0. The van der Waals surface area contributed by atoms with Gasteiger partial charge in [-0.15, -0.1) is 0 Å². The third-order valence-electron chi connectivity index (χ3n) is 3.85. The molecule has 2 atom stereocenters. The largest absolute Gasteiger partial charge is 0.372 e. The molecule has 1 aromatic carbocycles. The van der Waals surface area contributed by atoms with Gasteiger partial charge >= 0.3 is 0 Å². The van der Waals surface area contributed by atoms with Crippen molar-refractivity contribution in [2.24, 2.45) is 0 Å². The summed E-state index contributed by atoms with van der Waals surface area (Å²) >= 11 is 3.39.